The first-order valence-electron chi connectivity index (χ1n) is 5.55. The van der Waals surface area contributed by atoms with Gasteiger partial charge in [0.2, 0.25) is 0 Å². The van der Waals surface area contributed by atoms with Crippen LogP contribution < -0.4 is 5.73 Å². The lowest BCUT2D eigenvalue weighted by atomic mass is 9.88. The minimum atomic E-state index is 0.0190. The van der Waals surface area contributed by atoms with Crippen molar-refractivity contribution in [2.75, 3.05) is 13.2 Å². The average Bonchev–Trinajstić information content (AvgIpc) is 2.15. The Labute approximate surface area is 82.8 Å². The number of unbranched alkanes of at least 4 members (excludes halogenated alkanes) is 1. The van der Waals surface area contributed by atoms with Crippen molar-refractivity contribution in [1.29, 1.82) is 0 Å². The first-order chi connectivity index (χ1) is 6.18. The maximum Gasteiger partial charge on any atom is 0.0483 e. The Morgan fingerprint density at radius 3 is 2.31 bits per heavy atom. The summed E-state index contributed by atoms with van der Waals surface area (Å²) < 4.78 is 5.33. The predicted molar refractivity (Wildman–Crippen MR) is 57.8 cm³/mol. The number of nitrogens with two attached hydrogens (primary N) is 1. The lowest BCUT2D eigenvalue weighted by Gasteiger charge is -2.28. The average molecular weight is 187 g/mol. The van der Waals surface area contributed by atoms with Gasteiger partial charge in [0.25, 0.3) is 0 Å². The van der Waals surface area contributed by atoms with Crippen molar-refractivity contribution in [3.63, 3.8) is 0 Å². The molecule has 0 aromatic heterocycles. The van der Waals surface area contributed by atoms with Crippen LogP contribution in [0.25, 0.3) is 0 Å². The van der Waals surface area contributed by atoms with E-state index in [1.165, 1.54) is 12.8 Å². The summed E-state index contributed by atoms with van der Waals surface area (Å²) in [5.41, 5.74) is 6.26. The van der Waals surface area contributed by atoms with Crippen molar-refractivity contribution in [3.8, 4) is 0 Å². The molecular formula is C11H25NO. The second-order valence-corrected chi connectivity index (χ2v) is 3.77. The van der Waals surface area contributed by atoms with Gasteiger partial charge in [-0.1, -0.05) is 26.7 Å². The van der Waals surface area contributed by atoms with Crippen molar-refractivity contribution in [1.82, 2.24) is 0 Å². The summed E-state index contributed by atoms with van der Waals surface area (Å²) in [6, 6.07) is 0. The summed E-state index contributed by atoms with van der Waals surface area (Å²) in [7, 11) is 0. The molecule has 0 amide bonds. The highest BCUT2D eigenvalue weighted by molar-refractivity contribution is 4.81. The van der Waals surface area contributed by atoms with E-state index in [1.54, 1.807) is 0 Å². The lowest BCUT2D eigenvalue weighted by Crippen LogP contribution is -2.40. The standard InChI is InChI=1S/C11H25NO/c1-4-7-8-11(12,5-2)9-10-13-6-3/h4-10,12H2,1-3H3. The second-order valence-electron chi connectivity index (χ2n) is 3.77. The van der Waals surface area contributed by atoms with Gasteiger partial charge >= 0.3 is 0 Å². The van der Waals surface area contributed by atoms with Gasteiger partial charge in [0, 0.05) is 18.8 Å². The number of rotatable bonds is 8. The fourth-order valence-corrected chi connectivity index (χ4v) is 1.43. The van der Waals surface area contributed by atoms with Gasteiger partial charge in [0.15, 0.2) is 0 Å². The molecule has 0 fully saturated rings. The van der Waals surface area contributed by atoms with Crippen LogP contribution >= 0.6 is 0 Å². The molecule has 1 atom stereocenters. The van der Waals surface area contributed by atoms with E-state index in [-0.39, 0.29) is 5.54 Å². The van der Waals surface area contributed by atoms with E-state index in [2.05, 4.69) is 13.8 Å². The van der Waals surface area contributed by atoms with Crippen LogP contribution in [0.5, 0.6) is 0 Å². The molecule has 0 aliphatic carbocycles. The molecule has 1 unspecified atom stereocenters. The Morgan fingerprint density at radius 2 is 1.85 bits per heavy atom. The highest BCUT2D eigenvalue weighted by Gasteiger charge is 2.21. The van der Waals surface area contributed by atoms with Crippen molar-refractivity contribution >= 4 is 0 Å². The summed E-state index contributed by atoms with van der Waals surface area (Å²) in [5.74, 6) is 0. The largest absolute Gasteiger partial charge is 0.382 e. The van der Waals surface area contributed by atoms with Crippen LogP contribution in [0.1, 0.15) is 52.9 Å². The fraction of sp³-hybridized carbons (Fsp3) is 1.00. The first-order valence-corrected chi connectivity index (χ1v) is 5.55. The molecule has 0 saturated carbocycles. The van der Waals surface area contributed by atoms with Crippen LogP contribution in [0.15, 0.2) is 0 Å². The van der Waals surface area contributed by atoms with Gasteiger partial charge < -0.3 is 10.5 Å². The fourth-order valence-electron chi connectivity index (χ4n) is 1.43. The van der Waals surface area contributed by atoms with E-state index < -0.39 is 0 Å². The SMILES string of the molecule is CCCCC(N)(CC)CCOCC. The molecule has 0 spiro atoms. The molecule has 13 heavy (non-hydrogen) atoms. The molecule has 0 aromatic carbocycles. The molecule has 0 heterocycles. The number of hydrogen-bond donors (Lipinski definition) is 1. The third kappa shape index (κ3) is 6.05. The van der Waals surface area contributed by atoms with Crippen LogP contribution in [-0.4, -0.2) is 18.8 Å². The van der Waals surface area contributed by atoms with Crippen LogP contribution in [-0.2, 0) is 4.74 Å². The Morgan fingerprint density at radius 1 is 1.15 bits per heavy atom. The van der Waals surface area contributed by atoms with Gasteiger partial charge in [-0.3, -0.25) is 0 Å². The van der Waals surface area contributed by atoms with Gasteiger partial charge in [0.05, 0.1) is 0 Å². The topological polar surface area (TPSA) is 35.2 Å². The van der Waals surface area contributed by atoms with Crippen LogP contribution in [0.3, 0.4) is 0 Å². The number of ether oxygens (including phenoxy) is 1. The van der Waals surface area contributed by atoms with Gasteiger partial charge in [-0.25, -0.2) is 0 Å². The monoisotopic (exact) mass is 187 g/mol. The van der Waals surface area contributed by atoms with Crippen molar-refractivity contribution in [3.05, 3.63) is 0 Å². The summed E-state index contributed by atoms with van der Waals surface area (Å²) >= 11 is 0. The second kappa shape index (κ2) is 7.34. The number of hydrogen-bond acceptors (Lipinski definition) is 2. The molecule has 0 aromatic rings. The zero-order chi connectivity index (χ0) is 10.2. The third-order valence-electron chi connectivity index (χ3n) is 2.68. The highest BCUT2D eigenvalue weighted by Crippen LogP contribution is 2.19. The zero-order valence-corrected chi connectivity index (χ0v) is 9.44. The molecule has 0 rings (SSSR count). The minimum absolute atomic E-state index is 0.0190. The summed E-state index contributed by atoms with van der Waals surface area (Å²) in [6.45, 7) is 8.01. The van der Waals surface area contributed by atoms with Gasteiger partial charge in [-0.15, -0.1) is 0 Å². The maximum absolute atomic E-state index is 6.24. The van der Waals surface area contributed by atoms with Crippen LogP contribution in [0.4, 0.5) is 0 Å². The Kier molecular flexibility index (Phi) is 7.29. The minimum Gasteiger partial charge on any atom is -0.382 e. The molecule has 0 aliphatic heterocycles. The Balaban J connectivity index is 3.67. The Bertz CT molecular complexity index is 117. The molecule has 2 nitrogen and oxygen atoms in total. The summed E-state index contributed by atoms with van der Waals surface area (Å²) in [4.78, 5) is 0. The van der Waals surface area contributed by atoms with E-state index in [0.29, 0.717) is 0 Å². The molecule has 0 bridgehead atoms. The van der Waals surface area contributed by atoms with Crippen molar-refractivity contribution in [2.24, 2.45) is 5.73 Å². The predicted octanol–water partition coefficient (Wildman–Crippen LogP) is 2.71. The first kappa shape index (κ1) is 12.9. The quantitative estimate of drug-likeness (QED) is 0.593. The molecular weight excluding hydrogens is 162 g/mol. The summed E-state index contributed by atoms with van der Waals surface area (Å²) in [6.07, 6.45) is 5.65. The molecule has 2 heteroatoms. The molecule has 0 aliphatic rings. The van der Waals surface area contributed by atoms with E-state index in [4.69, 9.17) is 10.5 Å². The smallest absolute Gasteiger partial charge is 0.0483 e. The van der Waals surface area contributed by atoms with E-state index >= 15 is 0 Å². The van der Waals surface area contributed by atoms with E-state index in [1.807, 2.05) is 6.92 Å². The lowest BCUT2D eigenvalue weighted by molar-refractivity contribution is 0.121. The van der Waals surface area contributed by atoms with Crippen LogP contribution in [0.2, 0.25) is 0 Å². The normalized spacial score (nSPS) is 15.7. The molecule has 0 radical (unpaired) electrons. The van der Waals surface area contributed by atoms with Crippen LogP contribution in [0, 0.1) is 0 Å². The van der Waals surface area contributed by atoms with Gasteiger partial charge in [-0.05, 0) is 26.2 Å². The van der Waals surface area contributed by atoms with E-state index in [0.717, 1.165) is 32.5 Å². The molecule has 0 saturated heterocycles. The molecule has 2 N–H and O–H groups in total. The van der Waals surface area contributed by atoms with Gasteiger partial charge in [-0.2, -0.15) is 0 Å². The molecule has 80 valence electrons. The zero-order valence-electron chi connectivity index (χ0n) is 9.44. The Hall–Kier alpha value is -0.0800. The highest BCUT2D eigenvalue weighted by atomic mass is 16.5. The van der Waals surface area contributed by atoms with Gasteiger partial charge in [0.1, 0.15) is 0 Å². The van der Waals surface area contributed by atoms with E-state index in [9.17, 15) is 0 Å². The van der Waals surface area contributed by atoms with Crippen molar-refractivity contribution < 1.29 is 4.74 Å². The maximum atomic E-state index is 6.24. The third-order valence-corrected chi connectivity index (χ3v) is 2.68. The van der Waals surface area contributed by atoms with Crippen molar-refractivity contribution in [2.45, 2.75) is 58.4 Å². The summed E-state index contributed by atoms with van der Waals surface area (Å²) in [5, 5.41) is 0.